The molecule has 0 spiro atoms. The standard InChI is InChI=1S/C14H20N2OS/c1-17-14-6-5-12(10-15)9-13(14)11-16-7-3-4-8-18-2/h5-6,9,16H,3-4,7-8,11H2,1-2H3. The monoisotopic (exact) mass is 264 g/mol. The van der Waals surface area contributed by atoms with Crippen LogP contribution in [0.2, 0.25) is 0 Å². The number of nitrogens with one attached hydrogen (secondary N) is 1. The van der Waals surface area contributed by atoms with Crippen LogP contribution >= 0.6 is 11.8 Å². The van der Waals surface area contributed by atoms with E-state index in [9.17, 15) is 0 Å². The molecule has 1 aromatic carbocycles. The Labute approximate surface area is 114 Å². The Morgan fingerprint density at radius 2 is 2.22 bits per heavy atom. The van der Waals surface area contributed by atoms with Gasteiger partial charge in [0.25, 0.3) is 0 Å². The summed E-state index contributed by atoms with van der Waals surface area (Å²) in [7, 11) is 1.66. The van der Waals surface area contributed by atoms with Crippen molar-refractivity contribution in [3.05, 3.63) is 29.3 Å². The summed E-state index contributed by atoms with van der Waals surface area (Å²) in [5, 5.41) is 12.3. The fourth-order valence-corrected chi connectivity index (χ4v) is 2.20. The molecular formula is C14H20N2OS. The molecule has 1 N–H and O–H groups in total. The van der Waals surface area contributed by atoms with Crippen LogP contribution < -0.4 is 10.1 Å². The van der Waals surface area contributed by atoms with Gasteiger partial charge in [-0.15, -0.1) is 0 Å². The van der Waals surface area contributed by atoms with E-state index < -0.39 is 0 Å². The Morgan fingerprint density at radius 3 is 2.89 bits per heavy atom. The van der Waals surface area contributed by atoms with E-state index >= 15 is 0 Å². The van der Waals surface area contributed by atoms with Gasteiger partial charge in [-0.2, -0.15) is 17.0 Å². The number of rotatable bonds is 8. The number of ether oxygens (including phenoxy) is 1. The molecule has 0 saturated heterocycles. The summed E-state index contributed by atoms with van der Waals surface area (Å²) in [6.45, 7) is 1.75. The zero-order valence-corrected chi connectivity index (χ0v) is 11.8. The Bertz CT molecular complexity index is 401. The van der Waals surface area contributed by atoms with E-state index in [1.165, 1.54) is 18.6 Å². The van der Waals surface area contributed by atoms with Crippen LogP contribution in [-0.4, -0.2) is 25.7 Å². The molecule has 0 radical (unpaired) electrons. The smallest absolute Gasteiger partial charge is 0.123 e. The first-order chi connectivity index (χ1) is 8.81. The Morgan fingerprint density at radius 1 is 1.39 bits per heavy atom. The largest absolute Gasteiger partial charge is 0.496 e. The van der Waals surface area contributed by atoms with Gasteiger partial charge in [0.05, 0.1) is 18.7 Å². The first-order valence-corrected chi connectivity index (χ1v) is 7.48. The third kappa shape index (κ3) is 4.99. The van der Waals surface area contributed by atoms with Gasteiger partial charge in [-0.1, -0.05) is 0 Å². The van der Waals surface area contributed by atoms with E-state index in [1.54, 1.807) is 13.2 Å². The molecular weight excluding hydrogens is 244 g/mol. The second-order valence-electron chi connectivity index (χ2n) is 4.02. The van der Waals surface area contributed by atoms with Gasteiger partial charge >= 0.3 is 0 Å². The molecule has 98 valence electrons. The van der Waals surface area contributed by atoms with Crippen LogP contribution in [0.1, 0.15) is 24.0 Å². The number of nitriles is 1. The van der Waals surface area contributed by atoms with Crippen molar-refractivity contribution in [2.75, 3.05) is 25.7 Å². The third-order valence-corrected chi connectivity index (χ3v) is 3.37. The molecule has 0 amide bonds. The van der Waals surface area contributed by atoms with Crippen molar-refractivity contribution in [1.29, 1.82) is 5.26 Å². The van der Waals surface area contributed by atoms with Gasteiger partial charge in [-0.05, 0) is 49.6 Å². The topological polar surface area (TPSA) is 45.0 Å². The molecule has 0 fully saturated rings. The number of unbranched alkanes of at least 4 members (excludes halogenated alkanes) is 1. The first kappa shape index (κ1) is 14.9. The number of hydrogen-bond acceptors (Lipinski definition) is 4. The van der Waals surface area contributed by atoms with Gasteiger partial charge in [0.2, 0.25) is 0 Å². The van der Waals surface area contributed by atoms with Crippen LogP contribution in [-0.2, 0) is 6.54 Å². The molecule has 18 heavy (non-hydrogen) atoms. The van der Waals surface area contributed by atoms with Crippen LogP contribution in [0.25, 0.3) is 0 Å². The average Bonchev–Trinajstić information content (AvgIpc) is 2.42. The summed E-state index contributed by atoms with van der Waals surface area (Å²) in [6, 6.07) is 7.66. The number of nitrogens with zero attached hydrogens (tertiary/aromatic N) is 1. The minimum atomic E-state index is 0.676. The van der Waals surface area contributed by atoms with Crippen molar-refractivity contribution in [1.82, 2.24) is 5.32 Å². The van der Waals surface area contributed by atoms with Crippen LogP contribution in [0.4, 0.5) is 0 Å². The highest BCUT2D eigenvalue weighted by Gasteiger charge is 2.03. The van der Waals surface area contributed by atoms with E-state index in [1.807, 2.05) is 23.9 Å². The van der Waals surface area contributed by atoms with E-state index in [2.05, 4.69) is 17.6 Å². The maximum absolute atomic E-state index is 8.88. The molecule has 0 heterocycles. The fourth-order valence-electron chi connectivity index (χ4n) is 1.71. The minimum Gasteiger partial charge on any atom is -0.496 e. The summed E-state index contributed by atoms with van der Waals surface area (Å²) in [6.07, 6.45) is 4.55. The summed E-state index contributed by atoms with van der Waals surface area (Å²) in [5.41, 5.74) is 1.72. The number of hydrogen-bond donors (Lipinski definition) is 1. The van der Waals surface area contributed by atoms with Gasteiger partial charge in [0.1, 0.15) is 5.75 Å². The number of methoxy groups -OCH3 is 1. The van der Waals surface area contributed by atoms with Crippen LogP contribution in [0.15, 0.2) is 18.2 Å². The highest BCUT2D eigenvalue weighted by Crippen LogP contribution is 2.19. The summed E-state index contributed by atoms with van der Waals surface area (Å²) < 4.78 is 5.29. The second kappa shape index (κ2) is 8.84. The van der Waals surface area contributed by atoms with Crippen LogP contribution in [0.3, 0.4) is 0 Å². The molecule has 1 aromatic rings. The van der Waals surface area contributed by atoms with Gasteiger partial charge in [0.15, 0.2) is 0 Å². The van der Waals surface area contributed by atoms with Crippen LogP contribution in [0.5, 0.6) is 5.75 Å². The molecule has 0 unspecified atom stereocenters. The quantitative estimate of drug-likeness (QED) is 0.733. The number of thioether (sulfide) groups is 1. The Kier molecular flexibility index (Phi) is 7.31. The van der Waals surface area contributed by atoms with E-state index in [-0.39, 0.29) is 0 Å². The molecule has 3 nitrogen and oxygen atoms in total. The normalized spacial score (nSPS) is 10.1. The van der Waals surface area contributed by atoms with Crippen molar-refractivity contribution in [2.24, 2.45) is 0 Å². The van der Waals surface area contributed by atoms with Crippen LogP contribution in [0, 0.1) is 11.3 Å². The highest BCUT2D eigenvalue weighted by atomic mass is 32.2. The van der Waals surface area contributed by atoms with E-state index in [4.69, 9.17) is 10.00 Å². The predicted molar refractivity (Wildman–Crippen MR) is 77.0 cm³/mol. The van der Waals surface area contributed by atoms with Crippen molar-refractivity contribution in [3.8, 4) is 11.8 Å². The lowest BCUT2D eigenvalue weighted by Gasteiger charge is -2.10. The first-order valence-electron chi connectivity index (χ1n) is 6.08. The maximum atomic E-state index is 8.88. The lowest BCUT2D eigenvalue weighted by Crippen LogP contribution is -2.15. The van der Waals surface area contributed by atoms with E-state index in [0.717, 1.165) is 24.4 Å². The SMILES string of the molecule is COc1ccc(C#N)cc1CNCCCCSC. The second-order valence-corrected chi connectivity index (χ2v) is 5.00. The van der Waals surface area contributed by atoms with Crippen molar-refractivity contribution in [3.63, 3.8) is 0 Å². The van der Waals surface area contributed by atoms with Crippen molar-refractivity contribution >= 4 is 11.8 Å². The summed E-state index contributed by atoms with van der Waals surface area (Å²) in [5.74, 6) is 2.06. The van der Waals surface area contributed by atoms with E-state index in [0.29, 0.717) is 5.56 Å². The molecule has 4 heteroatoms. The molecule has 0 aromatic heterocycles. The molecule has 0 aliphatic carbocycles. The van der Waals surface area contributed by atoms with Gasteiger partial charge < -0.3 is 10.1 Å². The Hall–Kier alpha value is -1.18. The molecule has 1 rings (SSSR count). The number of benzene rings is 1. The lowest BCUT2D eigenvalue weighted by atomic mass is 10.1. The Balaban J connectivity index is 2.43. The summed E-state index contributed by atoms with van der Waals surface area (Å²) >= 11 is 1.88. The molecule has 0 bridgehead atoms. The van der Waals surface area contributed by atoms with Crippen molar-refractivity contribution < 1.29 is 4.74 Å². The fraction of sp³-hybridized carbons (Fsp3) is 0.500. The van der Waals surface area contributed by atoms with Gasteiger partial charge in [0, 0.05) is 12.1 Å². The zero-order chi connectivity index (χ0) is 13.2. The predicted octanol–water partition coefficient (Wildman–Crippen LogP) is 2.80. The molecule has 0 atom stereocenters. The molecule has 0 aliphatic heterocycles. The molecule has 0 aliphatic rings. The maximum Gasteiger partial charge on any atom is 0.123 e. The van der Waals surface area contributed by atoms with Crippen molar-refractivity contribution in [2.45, 2.75) is 19.4 Å². The zero-order valence-electron chi connectivity index (χ0n) is 11.0. The summed E-state index contributed by atoms with van der Waals surface area (Å²) in [4.78, 5) is 0. The average molecular weight is 264 g/mol. The van der Waals surface area contributed by atoms with Gasteiger partial charge in [-0.25, -0.2) is 0 Å². The highest BCUT2D eigenvalue weighted by molar-refractivity contribution is 7.98. The third-order valence-electron chi connectivity index (χ3n) is 2.68. The van der Waals surface area contributed by atoms with Gasteiger partial charge in [-0.3, -0.25) is 0 Å². The lowest BCUT2D eigenvalue weighted by molar-refractivity contribution is 0.407. The molecule has 0 saturated carbocycles. The minimum absolute atomic E-state index is 0.676.